The monoisotopic (exact) mass is 276 g/mol. The molecule has 1 rings (SSSR count). The highest BCUT2D eigenvalue weighted by atomic mass is 32.2. The molecule has 1 heterocycles. The molecule has 1 saturated heterocycles. The number of nitrogens with two attached hydrogens (primary N) is 1. The van der Waals surface area contributed by atoms with Gasteiger partial charge in [-0.15, -0.1) is 0 Å². The molecule has 0 spiro atoms. The number of rotatable bonds is 7. The fourth-order valence-electron chi connectivity index (χ4n) is 2.59. The Balaban J connectivity index is 2.57. The summed E-state index contributed by atoms with van der Waals surface area (Å²) >= 11 is 4.27. The molecule has 1 aliphatic heterocycles. The number of hydrazine groups is 1. The van der Waals surface area contributed by atoms with E-state index >= 15 is 0 Å². The molecule has 17 heavy (non-hydrogen) atoms. The van der Waals surface area contributed by atoms with E-state index < -0.39 is 0 Å². The molecular formula is C13H28N2S2. The predicted octanol–water partition coefficient (Wildman–Crippen LogP) is 3.27. The Bertz CT molecular complexity index is 198. The maximum Gasteiger partial charge on any atom is 0.0342 e. The summed E-state index contributed by atoms with van der Waals surface area (Å²) in [6.07, 6.45) is 5.05. The van der Waals surface area contributed by atoms with Crippen molar-refractivity contribution >= 4 is 23.5 Å². The second-order valence-electron chi connectivity index (χ2n) is 4.84. The summed E-state index contributed by atoms with van der Waals surface area (Å²) in [4.78, 5) is 0. The Labute approximate surface area is 115 Å². The maximum absolute atomic E-state index is 5.81. The zero-order valence-electron chi connectivity index (χ0n) is 11.4. The Kier molecular flexibility index (Phi) is 8.00. The molecule has 0 radical (unpaired) electrons. The lowest BCUT2D eigenvalue weighted by atomic mass is 9.92. The van der Waals surface area contributed by atoms with E-state index in [-0.39, 0.29) is 0 Å². The molecular weight excluding hydrogens is 248 g/mol. The van der Waals surface area contributed by atoms with Gasteiger partial charge in [0.2, 0.25) is 0 Å². The van der Waals surface area contributed by atoms with Crippen LogP contribution in [0.25, 0.3) is 0 Å². The van der Waals surface area contributed by atoms with Gasteiger partial charge in [-0.05, 0) is 18.8 Å². The second-order valence-corrected chi connectivity index (χ2v) is 7.48. The molecule has 3 N–H and O–H groups in total. The van der Waals surface area contributed by atoms with E-state index in [9.17, 15) is 0 Å². The minimum Gasteiger partial charge on any atom is -0.271 e. The van der Waals surface area contributed by atoms with Crippen LogP contribution in [0.5, 0.6) is 0 Å². The largest absolute Gasteiger partial charge is 0.271 e. The molecule has 0 amide bonds. The lowest BCUT2D eigenvalue weighted by Crippen LogP contribution is -2.48. The van der Waals surface area contributed by atoms with Crippen LogP contribution >= 0.6 is 23.5 Å². The van der Waals surface area contributed by atoms with Crippen LogP contribution in [0.1, 0.15) is 46.5 Å². The topological polar surface area (TPSA) is 38.0 Å². The zero-order chi connectivity index (χ0) is 12.7. The van der Waals surface area contributed by atoms with E-state index in [2.05, 4.69) is 49.7 Å². The van der Waals surface area contributed by atoms with Crippen molar-refractivity contribution in [3.8, 4) is 0 Å². The van der Waals surface area contributed by atoms with Gasteiger partial charge in [0.15, 0.2) is 0 Å². The van der Waals surface area contributed by atoms with Gasteiger partial charge in [0, 0.05) is 28.0 Å². The van der Waals surface area contributed by atoms with E-state index in [4.69, 9.17) is 5.84 Å². The molecule has 0 aromatic heterocycles. The highest BCUT2D eigenvalue weighted by molar-refractivity contribution is 8.07. The zero-order valence-corrected chi connectivity index (χ0v) is 13.1. The third-order valence-corrected chi connectivity index (χ3v) is 7.25. The van der Waals surface area contributed by atoms with E-state index in [1.54, 1.807) is 0 Å². The molecule has 4 heteroatoms. The second kappa shape index (κ2) is 8.68. The number of hydrogen-bond acceptors (Lipinski definition) is 4. The summed E-state index contributed by atoms with van der Waals surface area (Å²) in [5.74, 6) is 9.22. The van der Waals surface area contributed by atoms with Gasteiger partial charge in [-0.1, -0.05) is 33.6 Å². The Hall–Kier alpha value is 0.620. The molecule has 0 bridgehead atoms. The molecule has 1 aliphatic rings. The first-order valence-electron chi connectivity index (χ1n) is 6.96. The summed E-state index contributed by atoms with van der Waals surface area (Å²) < 4.78 is 0. The first-order valence-corrected chi connectivity index (χ1v) is 9.05. The van der Waals surface area contributed by atoms with Crippen LogP contribution in [-0.4, -0.2) is 28.0 Å². The van der Waals surface area contributed by atoms with Crippen molar-refractivity contribution in [1.82, 2.24) is 5.43 Å². The van der Waals surface area contributed by atoms with Gasteiger partial charge < -0.3 is 0 Å². The van der Waals surface area contributed by atoms with Gasteiger partial charge in [0.1, 0.15) is 0 Å². The third kappa shape index (κ3) is 4.66. The standard InChI is InChI=1S/C13H28N2S2/c1-4-10(5-2)9-11(15-14)13-12(6-3)16-7-8-17-13/h10-13,15H,4-9,14H2,1-3H3. The summed E-state index contributed by atoms with van der Waals surface area (Å²) in [6, 6.07) is 0.489. The summed E-state index contributed by atoms with van der Waals surface area (Å²) in [5.41, 5.74) is 3.10. The minimum atomic E-state index is 0.489. The van der Waals surface area contributed by atoms with Gasteiger partial charge in [0.25, 0.3) is 0 Å². The average Bonchev–Trinajstić information content (AvgIpc) is 2.40. The highest BCUT2D eigenvalue weighted by Gasteiger charge is 2.32. The van der Waals surface area contributed by atoms with Crippen LogP contribution in [0.3, 0.4) is 0 Å². The molecule has 0 aromatic carbocycles. The van der Waals surface area contributed by atoms with Crippen LogP contribution < -0.4 is 11.3 Å². The van der Waals surface area contributed by atoms with Crippen molar-refractivity contribution in [2.24, 2.45) is 11.8 Å². The lowest BCUT2D eigenvalue weighted by molar-refractivity contribution is 0.357. The van der Waals surface area contributed by atoms with Crippen molar-refractivity contribution in [1.29, 1.82) is 0 Å². The van der Waals surface area contributed by atoms with Crippen molar-refractivity contribution in [2.75, 3.05) is 11.5 Å². The molecule has 1 fully saturated rings. The van der Waals surface area contributed by atoms with Crippen LogP contribution in [0.4, 0.5) is 0 Å². The van der Waals surface area contributed by atoms with Crippen molar-refractivity contribution in [2.45, 2.75) is 63.0 Å². The van der Waals surface area contributed by atoms with Gasteiger partial charge >= 0.3 is 0 Å². The van der Waals surface area contributed by atoms with Gasteiger partial charge in [0.05, 0.1) is 0 Å². The molecule has 0 aliphatic carbocycles. The molecule has 3 atom stereocenters. The Morgan fingerprint density at radius 2 is 1.82 bits per heavy atom. The van der Waals surface area contributed by atoms with E-state index in [1.807, 2.05) is 0 Å². The minimum absolute atomic E-state index is 0.489. The Morgan fingerprint density at radius 3 is 2.35 bits per heavy atom. The van der Waals surface area contributed by atoms with Gasteiger partial charge in [-0.3, -0.25) is 11.3 Å². The number of nitrogens with one attached hydrogen (secondary N) is 1. The average molecular weight is 277 g/mol. The fraction of sp³-hybridized carbons (Fsp3) is 1.00. The van der Waals surface area contributed by atoms with Crippen LogP contribution in [-0.2, 0) is 0 Å². The van der Waals surface area contributed by atoms with E-state index in [0.717, 1.165) is 11.2 Å². The van der Waals surface area contributed by atoms with Gasteiger partial charge in [-0.2, -0.15) is 23.5 Å². The molecule has 102 valence electrons. The molecule has 2 nitrogen and oxygen atoms in total. The van der Waals surface area contributed by atoms with Crippen LogP contribution in [0, 0.1) is 5.92 Å². The molecule has 0 aromatic rings. The van der Waals surface area contributed by atoms with Crippen molar-refractivity contribution in [3.63, 3.8) is 0 Å². The first kappa shape index (κ1) is 15.7. The van der Waals surface area contributed by atoms with Crippen molar-refractivity contribution in [3.05, 3.63) is 0 Å². The molecule has 3 unspecified atom stereocenters. The summed E-state index contributed by atoms with van der Waals surface area (Å²) in [5, 5.41) is 1.48. The normalized spacial score (nSPS) is 27.4. The third-order valence-electron chi connectivity index (χ3n) is 3.85. The van der Waals surface area contributed by atoms with Gasteiger partial charge in [-0.25, -0.2) is 0 Å². The van der Waals surface area contributed by atoms with Crippen LogP contribution in [0.15, 0.2) is 0 Å². The van der Waals surface area contributed by atoms with Crippen molar-refractivity contribution < 1.29 is 0 Å². The predicted molar refractivity (Wildman–Crippen MR) is 82.6 cm³/mol. The maximum atomic E-state index is 5.81. The van der Waals surface area contributed by atoms with Crippen LogP contribution in [0.2, 0.25) is 0 Å². The fourth-order valence-corrected chi connectivity index (χ4v) is 5.85. The number of hydrogen-bond donors (Lipinski definition) is 2. The Morgan fingerprint density at radius 1 is 1.18 bits per heavy atom. The quantitative estimate of drug-likeness (QED) is 0.553. The SMILES string of the molecule is CCC(CC)CC(NN)C1SCCSC1CC. The first-order chi connectivity index (χ1) is 8.26. The summed E-state index contributed by atoms with van der Waals surface area (Å²) in [7, 11) is 0. The smallest absolute Gasteiger partial charge is 0.0342 e. The van der Waals surface area contributed by atoms with E-state index in [0.29, 0.717) is 11.3 Å². The number of thioether (sulfide) groups is 2. The highest BCUT2D eigenvalue weighted by Crippen LogP contribution is 2.36. The molecule has 0 saturated carbocycles. The van der Waals surface area contributed by atoms with E-state index in [1.165, 1.54) is 37.2 Å². The summed E-state index contributed by atoms with van der Waals surface area (Å²) in [6.45, 7) is 6.89. The lowest BCUT2D eigenvalue weighted by Gasteiger charge is -2.36.